The van der Waals surface area contributed by atoms with Crippen LogP contribution in [0.1, 0.15) is 6.92 Å². The Morgan fingerprint density at radius 2 is 1.82 bits per heavy atom. The van der Waals surface area contributed by atoms with Crippen molar-refractivity contribution in [3.63, 3.8) is 0 Å². The van der Waals surface area contributed by atoms with Gasteiger partial charge in [0, 0.05) is 11.9 Å². The lowest BCUT2D eigenvalue weighted by Gasteiger charge is -2.07. The molecular formula is C12H13NO3S. The van der Waals surface area contributed by atoms with Crippen molar-refractivity contribution >= 4 is 20.9 Å². The van der Waals surface area contributed by atoms with Crippen molar-refractivity contribution in [3.05, 3.63) is 42.5 Å². The molecule has 0 heterocycles. The Balaban J connectivity index is 2.55. The minimum absolute atomic E-state index is 0.177. The van der Waals surface area contributed by atoms with Crippen LogP contribution in [0, 0.1) is 0 Å². The van der Waals surface area contributed by atoms with E-state index in [4.69, 9.17) is 4.28 Å². The SMILES string of the molecule is CCNOS(=O)(=O)c1cccc2ccccc12. The van der Waals surface area contributed by atoms with Gasteiger partial charge in [0.1, 0.15) is 4.90 Å². The third-order valence-electron chi connectivity index (χ3n) is 2.33. The summed E-state index contributed by atoms with van der Waals surface area (Å²) >= 11 is 0. The first-order valence-corrected chi connectivity index (χ1v) is 6.70. The summed E-state index contributed by atoms with van der Waals surface area (Å²) in [6, 6.07) is 12.4. The summed E-state index contributed by atoms with van der Waals surface area (Å²) < 4.78 is 28.5. The van der Waals surface area contributed by atoms with Gasteiger partial charge < -0.3 is 0 Å². The van der Waals surface area contributed by atoms with Crippen LogP contribution in [0.15, 0.2) is 47.4 Å². The highest BCUT2D eigenvalue weighted by molar-refractivity contribution is 7.87. The first-order chi connectivity index (χ1) is 8.15. The molecule has 1 N–H and O–H groups in total. The lowest BCUT2D eigenvalue weighted by atomic mass is 10.1. The molecule has 2 aromatic rings. The van der Waals surface area contributed by atoms with Crippen LogP contribution in [0.25, 0.3) is 10.8 Å². The summed E-state index contributed by atoms with van der Waals surface area (Å²) in [7, 11) is -3.76. The molecule has 0 spiro atoms. The molecule has 4 nitrogen and oxygen atoms in total. The Morgan fingerprint density at radius 3 is 2.59 bits per heavy atom. The molecular weight excluding hydrogens is 238 g/mol. The average molecular weight is 251 g/mol. The van der Waals surface area contributed by atoms with Gasteiger partial charge in [0.15, 0.2) is 0 Å². The maximum Gasteiger partial charge on any atom is 0.313 e. The molecule has 0 fully saturated rings. The number of hydrogen-bond acceptors (Lipinski definition) is 4. The van der Waals surface area contributed by atoms with Gasteiger partial charge in [-0.25, -0.2) is 0 Å². The highest BCUT2D eigenvalue weighted by Gasteiger charge is 2.17. The Morgan fingerprint density at radius 1 is 1.12 bits per heavy atom. The molecule has 2 aromatic carbocycles. The second-order valence-electron chi connectivity index (χ2n) is 3.51. The van der Waals surface area contributed by atoms with Gasteiger partial charge in [-0.15, -0.1) is 0 Å². The van der Waals surface area contributed by atoms with E-state index in [9.17, 15) is 8.42 Å². The fraction of sp³-hybridized carbons (Fsp3) is 0.167. The van der Waals surface area contributed by atoms with E-state index in [0.29, 0.717) is 11.9 Å². The first-order valence-electron chi connectivity index (χ1n) is 5.29. The zero-order chi connectivity index (χ0) is 12.3. The van der Waals surface area contributed by atoms with Crippen molar-refractivity contribution in [1.82, 2.24) is 5.48 Å². The second kappa shape index (κ2) is 4.83. The normalized spacial score (nSPS) is 11.8. The van der Waals surface area contributed by atoms with Crippen molar-refractivity contribution in [2.75, 3.05) is 6.54 Å². The van der Waals surface area contributed by atoms with E-state index in [1.165, 1.54) is 6.07 Å². The van der Waals surface area contributed by atoms with Crippen molar-refractivity contribution < 1.29 is 12.7 Å². The largest absolute Gasteiger partial charge is 0.313 e. The van der Waals surface area contributed by atoms with Gasteiger partial charge in [0.05, 0.1) is 0 Å². The number of fused-ring (bicyclic) bond motifs is 1. The lowest BCUT2D eigenvalue weighted by Crippen LogP contribution is -2.19. The highest BCUT2D eigenvalue weighted by atomic mass is 32.2. The van der Waals surface area contributed by atoms with E-state index in [-0.39, 0.29) is 4.90 Å². The van der Waals surface area contributed by atoms with Gasteiger partial charge in [0.2, 0.25) is 0 Å². The van der Waals surface area contributed by atoms with Crippen molar-refractivity contribution in [2.45, 2.75) is 11.8 Å². The quantitative estimate of drug-likeness (QED) is 0.845. The monoisotopic (exact) mass is 251 g/mol. The highest BCUT2D eigenvalue weighted by Crippen LogP contribution is 2.23. The van der Waals surface area contributed by atoms with E-state index in [0.717, 1.165) is 5.39 Å². The summed E-state index contributed by atoms with van der Waals surface area (Å²) in [6.45, 7) is 2.18. The molecule has 0 bridgehead atoms. The Bertz CT molecular complexity index is 617. The summed E-state index contributed by atoms with van der Waals surface area (Å²) in [5.74, 6) is 0. The molecule has 0 aliphatic carbocycles. The molecule has 0 saturated carbocycles. The van der Waals surface area contributed by atoms with Gasteiger partial charge >= 0.3 is 10.1 Å². The third-order valence-corrected chi connectivity index (χ3v) is 3.56. The molecule has 0 amide bonds. The van der Waals surface area contributed by atoms with Gasteiger partial charge in [0.25, 0.3) is 0 Å². The molecule has 2 rings (SSSR count). The fourth-order valence-electron chi connectivity index (χ4n) is 1.60. The molecule has 0 saturated heterocycles. The van der Waals surface area contributed by atoms with Crippen molar-refractivity contribution in [2.24, 2.45) is 0 Å². The molecule has 90 valence electrons. The molecule has 0 aromatic heterocycles. The van der Waals surface area contributed by atoms with Crippen LogP contribution in [0.3, 0.4) is 0 Å². The van der Waals surface area contributed by atoms with Crippen LogP contribution < -0.4 is 5.48 Å². The predicted molar refractivity (Wildman–Crippen MR) is 65.9 cm³/mol. The van der Waals surface area contributed by atoms with Crippen LogP contribution in [0.4, 0.5) is 0 Å². The maximum atomic E-state index is 11.9. The van der Waals surface area contributed by atoms with Crippen LogP contribution in [0.5, 0.6) is 0 Å². The number of rotatable bonds is 4. The Hall–Kier alpha value is -1.43. The minimum Gasteiger partial charge on any atom is -0.192 e. The maximum absolute atomic E-state index is 11.9. The van der Waals surface area contributed by atoms with E-state index in [2.05, 4.69) is 5.48 Å². The summed E-state index contributed by atoms with van der Waals surface area (Å²) in [6.07, 6.45) is 0. The van der Waals surface area contributed by atoms with Gasteiger partial charge in [-0.3, -0.25) is 0 Å². The standard InChI is InChI=1S/C12H13NO3S/c1-2-13-16-17(14,15)12-9-5-7-10-6-3-4-8-11(10)12/h3-9,13H,2H2,1H3. The summed E-state index contributed by atoms with van der Waals surface area (Å²) in [5.41, 5.74) is 2.36. The number of hydrogen-bond donors (Lipinski definition) is 1. The molecule has 0 unspecified atom stereocenters. The topological polar surface area (TPSA) is 55.4 Å². The zero-order valence-electron chi connectivity index (χ0n) is 9.38. The van der Waals surface area contributed by atoms with Gasteiger partial charge in [-0.2, -0.15) is 18.2 Å². The zero-order valence-corrected chi connectivity index (χ0v) is 10.2. The molecule has 17 heavy (non-hydrogen) atoms. The summed E-state index contributed by atoms with van der Waals surface area (Å²) in [5, 5.41) is 1.53. The number of benzene rings is 2. The van der Waals surface area contributed by atoms with Crippen molar-refractivity contribution in [3.8, 4) is 0 Å². The molecule has 5 heteroatoms. The van der Waals surface area contributed by atoms with Crippen LogP contribution in [-0.2, 0) is 14.4 Å². The van der Waals surface area contributed by atoms with E-state index in [1.54, 1.807) is 25.1 Å². The number of hydroxylamine groups is 1. The molecule has 0 atom stereocenters. The van der Waals surface area contributed by atoms with Crippen LogP contribution in [-0.4, -0.2) is 15.0 Å². The van der Waals surface area contributed by atoms with Crippen molar-refractivity contribution in [1.29, 1.82) is 0 Å². The molecule has 0 radical (unpaired) electrons. The first kappa shape index (κ1) is 12.0. The van der Waals surface area contributed by atoms with Gasteiger partial charge in [-0.1, -0.05) is 43.3 Å². The van der Waals surface area contributed by atoms with E-state index < -0.39 is 10.1 Å². The fourth-order valence-corrected chi connectivity index (χ4v) is 2.66. The molecule has 0 aliphatic heterocycles. The summed E-state index contributed by atoms with van der Waals surface area (Å²) in [4.78, 5) is 0.177. The smallest absolute Gasteiger partial charge is 0.192 e. The molecule has 0 aliphatic rings. The second-order valence-corrected chi connectivity index (χ2v) is 5.03. The predicted octanol–water partition coefficient (Wildman–Crippen LogP) is 2.07. The number of nitrogens with one attached hydrogen (secondary N) is 1. The third kappa shape index (κ3) is 2.46. The minimum atomic E-state index is -3.76. The Labute approximate surface area is 100 Å². The van der Waals surface area contributed by atoms with Crippen LogP contribution >= 0.6 is 0 Å². The lowest BCUT2D eigenvalue weighted by molar-refractivity contribution is 0.210. The van der Waals surface area contributed by atoms with Crippen LogP contribution in [0.2, 0.25) is 0 Å². The van der Waals surface area contributed by atoms with E-state index >= 15 is 0 Å². The van der Waals surface area contributed by atoms with E-state index in [1.807, 2.05) is 18.2 Å². The Kier molecular flexibility index (Phi) is 3.42. The van der Waals surface area contributed by atoms with Gasteiger partial charge in [-0.05, 0) is 11.5 Å². The average Bonchev–Trinajstić information content (AvgIpc) is 2.36.